The summed E-state index contributed by atoms with van der Waals surface area (Å²) in [4.78, 5) is 0. The maximum atomic E-state index is 10.8. The van der Waals surface area contributed by atoms with Crippen LogP contribution < -0.4 is 15.8 Å². The van der Waals surface area contributed by atoms with Gasteiger partial charge in [-0.25, -0.2) is 13.1 Å². The number of hydrogen-bond acceptors (Lipinski definition) is 4. The zero-order chi connectivity index (χ0) is 12.9. The van der Waals surface area contributed by atoms with Gasteiger partial charge in [0.15, 0.2) is 0 Å². The third kappa shape index (κ3) is 5.25. The normalized spacial score (nSPS) is 11.4. The number of nitrogens with two attached hydrogens (primary N) is 1. The molecule has 0 aliphatic rings. The van der Waals surface area contributed by atoms with E-state index in [-0.39, 0.29) is 0 Å². The first-order chi connectivity index (χ1) is 7.90. The monoisotopic (exact) mass is 277 g/mol. The molecule has 1 aromatic rings. The highest BCUT2D eigenvalue weighted by atomic mass is 35.5. The minimum Gasteiger partial charge on any atom is -0.397 e. The Morgan fingerprint density at radius 2 is 2.06 bits per heavy atom. The van der Waals surface area contributed by atoms with E-state index in [1.165, 1.54) is 0 Å². The zero-order valence-corrected chi connectivity index (χ0v) is 11.1. The van der Waals surface area contributed by atoms with Crippen LogP contribution in [-0.2, 0) is 10.0 Å². The second-order valence-electron chi connectivity index (χ2n) is 3.65. The molecule has 7 heteroatoms. The summed E-state index contributed by atoms with van der Waals surface area (Å²) in [6.45, 7) is 0.979. The number of nitrogens with one attached hydrogen (secondary N) is 2. The molecule has 1 rings (SSSR count). The van der Waals surface area contributed by atoms with Crippen LogP contribution in [0.1, 0.15) is 6.42 Å². The van der Waals surface area contributed by atoms with E-state index in [2.05, 4.69) is 10.0 Å². The first kappa shape index (κ1) is 14.1. The second kappa shape index (κ2) is 6.09. The topological polar surface area (TPSA) is 84.2 Å². The van der Waals surface area contributed by atoms with Crippen LogP contribution in [0.3, 0.4) is 0 Å². The van der Waals surface area contributed by atoms with Gasteiger partial charge < -0.3 is 11.1 Å². The fourth-order valence-electron chi connectivity index (χ4n) is 1.29. The van der Waals surface area contributed by atoms with Crippen molar-refractivity contribution in [2.75, 3.05) is 30.4 Å². The van der Waals surface area contributed by atoms with E-state index in [0.717, 1.165) is 6.26 Å². The second-order valence-corrected chi connectivity index (χ2v) is 5.89. The zero-order valence-electron chi connectivity index (χ0n) is 9.53. The van der Waals surface area contributed by atoms with Crippen LogP contribution >= 0.6 is 11.6 Å². The largest absolute Gasteiger partial charge is 0.397 e. The first-order valence-electron chi connectivity index (χ1n) is 5.12. The number of sulfonamides is 1. The molecule has 0 unspecified atom stereocenters. The number of benzene rings is 1. The van der Waals surface area contributed by atoms with Crippen molar-refractivity contribution in [3.8, 4) is 0 Å². The van der Waals surface area contributed by atoms with Crippen LogP contribution in [0.2, 0.25) is 5.02 Å². The third-order valence-electron chi connectivity index (χ3n) is 2.07. The SMILES string of the molecule is CS(=O)(=O)NCCCNc1c(N)cccc1Cl. The molecule has 0 aliphatic carbocycles. The third-order valence-corrected chi connectivity index (χ3v) is 3.11. The van der Waals surface area contributed by atoms with E-state index in [9.17, 15) is 8.42 Å². The summed E-state index contributed by atoms with van der Waals surface area (Å²) in [7, 11) is -3.11. The summed E-state index contributed by atoms with van der Waals surface area (Å²) in [6.07, 6.45) is 1.78. The molecule has 0 heterocycles. The average Bonchev–Trinajstić information content (AvgIpc) is 2.20. The van der Waals surface area contributed by atoms with Gasteiger partial charge in [0.2, 0.25) is 10.0 Å². The Kier molecular flexibility index (Phi) is 5.04. The highest BCUT2D eigenvalue weighted by Crippen LogP contribution is 2.27. The van der Waals surface area contributed by atoms with Crippen molar-refractivity contribution >= 4 is 33.0 Å². The fraction of sp³-hybridized carbons (Fsp3) is 0.400. The Balaban J connectivity index is 2.37. The Hall–Kier alpha value is -0.980. The van der Waals surface area contributed by atoms with Crippen molar-refractivity contribution in [2.45, 2.75) is 6.42 Å². The van der Waals surface area contributed by atoms with E-state index >= 15 is 0 Å². The van der Waals surface area contributed by atoms with Crippen LogP contribution in [0.4, 0.5) is 11.4 Å². The average molecular weight is 278 g/mol. The van der Waals surface area contributed by atoms with Gasteiger partial charge in [0.05, 0.1) is 22.7 Å². The molecule has 0 saturated heterocycles. The Labute approximate surface area is 106 Å². The van der Waals surface area contributed by atoms with Crippen molar-refractivity contribution in [1.29, 1.82) is 0 Å². The van der Waals surface area contributed by atoms with E-state index < -0.39 is 10.0 Å². The van der Waals surface area contributed by atoms with Gasteiger partial charge in [-0.3, -0.25) is 0 Å². The molecule has 0 radical (unpaired) electrons. The smallest absolute Gasteiger partial charge is 0.208 e. The van der Waals surface area contributed by atoms with Crippen molar-refractivity contribution in [1.82, 2.24) is 4.72 Å². The van der Waals surface area contributed by atoms with Crippen molar-refractivity contribution in [2.24, 2.45) is 0 Å². The van der Waals surface area contributed by atoms with Crippen LogP contribution in [-0.4, -0.2) is 27.8 Å². The molecule has 0 aliphatic heterocycles. The number of rotatable bonds is 6. The van der Waals surface area contributed by atoms with E-state index in [1.807, 2.05) is 0 Å². The van der Waals surface area contributed by atoms with Gasteiger partial charge in [-0.05, 0) is 18.6 Å². The molecule has 0 bridgehead atoms. The number of nitrogen functional groups attached to an aromatic ring is 1. The lowest BCUT2D eigenvalue weighted by Crippen LogP contribution is -2.24. The van der Waals surface area contributed by atoms with Gasteiger partial charge in [0, 0.05) is 13.1 Å². The molecule has 0 amide bonds. The molecule has 96 valence electrons. The quantitative estimate of drug-likeness (QED) is 0.540. The minimum absolute atomic E-state index is 0.385. The molecule has 4 N–H and O–H groups in total. The van der Waals surface area contributed by atoms with Gasteiger partial charge in [0.25, 0.3) is 0 Å². The Morgan fingerprint density at radius 3 is 2.65 bits per heavy atom. The standard InChI is InChI=1S/C10H16ClN3O2S/c1-17(15,16)14-7-3-6-13-10-8(11)4-2-5-9(10)12/h2,4-5,13-14H,3,6-7,12H2,1H3. The van der Waals surface area contributed by atoms with Gasteiger partial charge in [-0.1, -0.05) is 17.7 Å². The molecule has 17 heavy (non-hydrogen) atoms. The first-order valence-corrected chi connectivity index (χ1v) is 7.39. The van der Waals surface area contributed by atoms with E-state index in [0.29, 0.717) is 35.9 Å². The Morgan fingerprint density at radius 1 is 1.35 bits per heavy atom. The summed E-state index contributed by atoms with van der Waals surface area (Å²) in [5, 5.41) is 3.63. The number of para-hydroxylation sites is 1. The highest BCUT2D eigenvalue weighted by molar-refractivity contribution is 7.88. The summed E-state index contributed by atoms with van der Waals surface area (Å²) in [5.74, 6) is 0. The minimum atomic E-state index is -3.11. The number of hydrogen-bond donors (Lipinski definition) is 3. The lowest BCUT2D eigenvalue weighted by atomic mass is 10.2. The van der Waals surface area contributed by atoms with Crippen LogP contribution in [0.15, 0.2) is 18.2 Å². The molecule has 5 nitrogen and oxygen atoms in total. The maximum absolute atomic E-state index is 10.8. The summed E-state index contributed by atoms with van der Waals surface area (Å²) >= 11 is 5.96. The maximum Gasteiger partial charge on any atom is 0.208 e. The predicted molar refractivity (Wildman–Crippen MR) is 71.8 cm³/mol. The molecule has 0 fully saturated rings. The number of halogens is 1. The van der Waals surface area contributed by atoms with Crippen LogP contribution in [0.5, 0.6) is 0 Å². The molecular formula is C10H16ClN3O2S. The lowest BCUT2D eigenvalue weighted by molar-refractivity contribution is 0.586. The van der Waals surface area contributed by atoms with Gasteiger partial charge in [-0.2, -0.15) is 0 Å². The summed E-state index contributed by atoms with van der Waals surface area (Å²) in [5.41, 5.74) is 7.01. The Bertz CT molecular complexity index is 456. The highest BCUT2D eigenvalue weighted by Gasteiger charge is 2.03. The fourth-order valence-corrected chi connectivity index (χ4v) is 2.05. The lowest BCUT2D eigenvalue weighted by Gasteiger charge is -2.10. The van der Waals surface area contributed by atoms with Crippen molar-refractivity contribution < 1.29 is 8.42 Å². The molecule has 0 atom stereocenters. The van der Waals surface area contributed by atoms with Crippen molar-refractivity contribution in [3.05, 3.63) is 23.2 Å². The van der Waals surface area contributed by atoms with Gasteiger partial charge in [0.1, 0.15) is 0 Å². The molecule has 1 aromatic carbocycles. The van der Waals surface area contributed by atoms with Crippen molar-refractivity contribution in [3.63, 3.8) is 0 Å². The van der Waals surface area contributed by atoms with Crippen LogP contribution in [0, 0.1) is 0 Å². The number of anilines is 2. The molecule has 0 spiro atoms. The molecule has 0 aromatic heterocycles. The summed E-state index contributed by atoms with van der Waals surface area (Å²) in [6, 6.07) is 5.27. The molecule has 0 saturated carbocycles. The molecular weight excluding hydrogens is 262 g/mol. The summed E-state index contributed by atoms with van der Waals surface area (Å²) < 4.78 is 24.0. The van der Waals surface area contributed by atoms with E-state index in [1.54, 1.807) is 18.2 Å². The van der Waals surface area contributed by atoms with Gasteiger partial charge >= 0.3 is 0 Å². The van der Waals surface area contributed by atoms with Crippen LogP contribution in [0.25, 0.3) is 0 Å². The van der Waals surface area contributed by atoms with Gasteiger partial charge in [-0.15, -0.1) is 0 Å². The predicted octanol–water partition coefficient (Wildman–Crippen LogP) is 1.27. The van der Waals surface area contributed by atoms with E-state index in [4.69, 9.17) is 17.3 Å².